The molecule has 0 atom stereocenters. The first-order valence-electron chi connectivity index (χ1n) is 5.60. The van der Waals surface area contributed by atoms with Crippen LogP contribution in [0.4, 0.5) is 0 Å². The number of hydrogen-bond donors (Lipinski definition) is 1. The van der Waals surface area contributed by atoms with Gasteiger partial charge in [0, 0.05) is 22.5 Å². The molecule has 0 aliphatic rings. The molecular weight excluding hydrogens is 222 g/mol. The summed E-state index contributed by atoms with van der Waals surface area (Å²) in [7, 11) is 0. The molecule has 0 unspecified atom stereocenters. The molecule has 0 amide bonds. The lowest BCUT2D eigenvalue weighted by Crippen LogP contribution is -2.37. The average Bonchev–Trinajstić information content (AvgIpc) is 2.33. The van der Waals surface area contributed by atoms with E-state index in [0.29, 0.717) is 17.1 Å². The van der Waals surface area contributed by atoms with E-state index in [4.69, 9.17) is 17.3 Å². The van der Waals surface area contributed by atoms with E-state index in [1.54, 1.807) is 24.3 Å². The SMILES string of the molecule is CCC(CC)(CN)C(=O)c1ccc(Cl)cc1. The summed E-state index contributed by atoms with van der Waals surface area (Å²) in [6.45, 7) is 4.40. The minimum absolute atomic E-state index is 0.122. The van der Waals surface area contributed by atoms with Crippen LogP contribution in [0.25, 0.3) is 0 Å². The van der Waals surface area contributed by atoms with Crippen molar-refractivity contribution < 1.29 is 4.79 Å². The molecule has 88 valence electrons. The normalized spacial score (nSPS) is 11.5. The minimum Gasteiger partial charge on any atom is -0.329 e. The van der Waals surface area contributed by atoms with E-state index >= 15 is 0 Å². The maximum absolute atomic E-state index is 12.3. The van der Waals surface area contributed by atoms with E-state index < -0.39 is 5.41 Å². The molecule has 0 saturated heterocycles. The highest BCUT2D eigenvalue weighted by Gasteiger charge is 2.33. The molecule has 1 rings (SSSR count). The second-order valence-corrected chi connectivity index (χ2v) is 4.46. The molecule has 0 bridgehead atoms. The van der Waals surface area contributed by atoms with Crippen molar-refractivity contribution >= 4 is 17.4 Å². The van der Waals surface area contributed by atoms with Gasteiger partial charge in [0.05, 0.1) is 0 Å². The van der Waals surface area contributed by atoms with Crippen LogP contribution in [0.3, 0.4) is 0 Å². The number of rotatable bonds is 5. The Balaban J connectivity index is 3.04. The van der Waals surface area contributed by atoms with Crippen LogP contribution < -0.4 is 5.73 Å². The third-order valence-corrected chi connectivity index (χ3v) is 3.58. The zero-order chi connectivity index (χ0) is 12.2. The number of carbonyl (C=O) groups excluding carboxylic acids is 1. The Bertz CT molecular complexity index is 346. The molecule has 0 fully saturated rings. The Morgan fingerprint density at radius 3 is 2.12 bits per heavy atom. The van der Waals surface area contributed by atoms with Crippen LogP contribution in [0, 0.1) is 5.41 Å². The lowest BCUT2D eigenvalue weighted by atomic mass is 9.76. The largest absolute Gasteiger partial charge is 0.329 e. The first-order valence-corrected chi connectivity index (χ1v) is 5.98. The smallest absolute Gasteiger partial charge is 0.170 e. The summed E-state index contributed by atoms with van der Waals surface area (Å²) in [6.07, 6.45) is 1.53. The van der Waals surface area contributed by atoms with Gasteiger partial charge in [-0.1, -0.05) is 25.4 Å². The maximum Gasteiger partial charge on any atom is 0.170 e. The molecular formula is C13H18ClNO. The summed E-state index contributed by atoms with van der Waals surface area (Å²) in [4.78, 5) is 12.3. The third kappa shape index (κ3) is 2.45. The molecule has 0 radical (unpaired) electrons. The van der Waals surface area contributed by atoms with Gasteiger partial charge in [-0.05, 0) is 37.1 Å². The highest BCUT2D eigenvalue weighted by Crippen LogP contribution is 2.30. The predicted octanol–water partition coefficient (Wildman–Crippen LogP) is 3.29. The fraction of sp³-hybridized carbons (Fsp3) is 0.462. The highest BCUT2D eigenvalue weighted by atomic mass is 35.5. The molecule has 1 aromatic carbocycles. The third-order valence-electron chi connectivity index (χ3n) is 3.33. The predicted molar refractivity (Wildman–Crippen MR) is 67.9 cm³/mol. The molecule has 0 aliphatic heterocycles. The maximum atomic E-state index is 12.3. The summed E-state index contributed by atoms with van der Waals surface area (Å²) >= 11 is 5.80. The quantitative estimate of drug-likeness (QED) is 0.802. The van der Waals surface area contributed by atoms with Crippen LogP contribution in [-0.2, 0) is 0 Å². The van der Waals surface area contributed by atoms with E-state index in [2.05, 4.69) is 0 Å². The van der Waals surface area contributed by atoms with Crippen molar-refractivity contribution in [2.45, 2.75) is 26.7 Å². The number of ketones is 1. The first-order chi connectivity index (χ1) is 7.59. The summed E-state index contributed by atoms with van der Waals surface area (Å²) < 4.78 is 0. The standard InChI is InChI=1S/C13H18ClNO/c1-3-13(4-2,9-15)12(16)10-5-7-11(14)8-6-10/h5-8H,3-4,9,15H2,1-2H3. The topological polar surface area (TPSA) is 43.1 Å². The van der Waals surface area contributed by atoms with Crippen LogP contribution in [0.5, 0.6) is 0 Å². The Morgan fingerprint density at radius 1 is 1.25 bits per heavy atom. The lowest BCUT2D eigenvalue weighted by molar-refractivity contribution is 0.0787. The Morgan fingerprint density at radius 2 is 1.75 bits per heavy atom. The Hall–Kier alpha value is -0.860. The zero-order valence-electron chi connectivity index (χ0n) is 9.79. The molecule has 2 N–H and O–H groups in total. The number of halogens is 1. The fourth-order valence-electron chi connectivity index (χ4n) is 1.86. The van der Waals surface area contributed by atoms with Gasteiger partial charge in [0.15, 0.2) is 5.78 Å². The molecule has 0 heterocycles. The van der Waals surface area contributed by atoms with Crippen molar-refractivity contribution in [1.29, 1.82) is 0 Å². The summed E-state index contributed by atoms with van der Waals surface area (Å²) in [6, 6.07) is 7.00. The van der Waals surface area contributed by atoms with E-state index in [0.717, 1.165) is 12.8 Å². The van der Waals surface area contributed by atoms with Gasteiger partial charge in [-0.2, -0.15) is 0 Å². The Labute approximate surface area is 102 Å². The van der Waals surface area contributed by atoms with Crippen LogP contribution in [0.2, 0.25) is 5.02 Å². The van der Waals surface area contributed by atoms with E-state index in [1.807, 2.05) is 13.8 Å². The van der Waals surface area contributed by atoms with Crippen LogP contribution in [0.15, 0.2) is 24.3 Å². The van der Waals surface area contributed by atoms with Gasteiger partial charge in [0.2, 0.25) is 0 Å². The molecule has 0 saturated carbocycles. The highest BCUT2D eigenvalue weighted by molar-refractivity contribution is 6.30. The van der Waals surface area contributed by atoms with E-state index in [9.17, 15) is 4.79 Å². The number of carbonyl (C=O) groups is 1. The molecule has 3 heteroatoms. The number of hydrogen-bond acceptors (Lipinski definition) is 2. The molecule has 2 nitrogen and oxygen atoms in total. The monoisotopic (exact) mass is 239 g/mol. The van der Waals surface area contributed by atoms with Crippen LogP contribution in [0.1, 0.15) is 37.0 Å². The summed E-state index contributed by atoms with van der Waals surface area (Å²) in [5.41, 5.74) is 6.02. The first kappa shape index (κ1) is 13.2. The Kier molecular flexibility index (Phi) is 4.51. The van der Waals surface area contributed by atoms with Crippen molar-refractivity contribution in [3.05, 3.63) is 34.9 Å². The summed E-state index contributed by atoms with van der Waals surface area (Å²) in [5.74, 6) is 0.122. The fourth-order valence-corrected chi connectivity index (χ4v) is 1.99. The van der Waals surface area contributed by atoms with Crippen LogP contribution >= 0.6 is 11.6 Å². The van der Waals surface area contributed by atoms with Gasteiger partial charge >= 0.3 is 0 Å². The second-order valence-electron chi connectivity index (χ2n) is 4.03. The van der Waals surface area contributed by atoms with Crippen molar-refractivity contribution in [2.75, 3.05) is 6.54 Å². The second kappa shape index (κ2) is 5.46. The zero-order valence-corrected chi connectivity index (χ0v) is 10.6. The van der Waals surface area contributed by atoms with Gasteiger partial charge in [0.25, 0.3) is 0 Å². The van der Waals surface area contributed by atoms with Crippen LogP contribution in [-0.4, -0.2) is 12.3 Å². The van der Waals surface area contributed by atoms with E-state index in [-0.39, 0.29) is 5.78 Å². The van der Waals surface area contributed by atoms with Gasteiger partial charge < -0.3 is 5.73 Å². The van der Waals surface area contributed by atoms with Crippen molar-refractivity contribution in [3.8, 4) is 0 Å². The van der Waals surface area contributed by atoms with Gasteiger partial charge in [-0.15, -0.1) is 0 Å². The molecule has 0 aliphatic carbocycles. The molecule has 16 heavy (non-hydrogen) atoms. The van der Waals surface area contributed by atoms with Crippen molar-refractivity contribution in [2.24, 2.45) is 11.1 Å². The van der Waals surface area contributed by atoms with E-state index in [1.165, 1.54) is 0 Å². The van der Waals surface area contributed by atoms with Gasteiger partial charge in [-0.3, -0.25) is 4.79 Å². The van der Waals surface area contributed by atoms with Gasteiger partial charge in [0.1, 0.15) is 0 Å². The number of benzene rings is 1. The molecule has 0 spiro atoms. The average molecular weight is 240 g/mol. The summed E-state index contributed by atoms with van der Waals surface area (Å²) in [5, 5.41) is 0.642. The van der Waals surface area contributed by atoms with Crippen molar-refractivity contribution in [1.82, 2.24) is 0 Å². The van der Waals surface area contributed by atoms with Crippen molar-refractivity contribution in [3.63, 3.8) is 0 Å². The molecule has 0 aromatic heterocycles. The minimum atomic E-state index is -0.423. The lowest BCUT2D eigenvalue weighted by Gasteiger charge is -2.28. The van der Waals surface area contributed by atoms with Gasteiger partial charge in [-0.25, -0.2) is 0 Å². The number of nitrogens with two attached hydrogens (primary N) is 1. The molecule has 1 aromatic rings. The number of Topliss-reactive ketones (excluding diaryl/α,β-unsaturated/α-hetero) is 1.